The molecule has 12 aromatic rings. The zero-order chi connectivity index (χ0) is 104. The van der Waals surface area contributed by atoms with Crippen LogP contribution in [0.2, 0.25) is 0 Å². The highest BCUT2D eigenvalue weighted by Crippen LogP contribution is 2.43. The molecule has 6 heterocycles. The predicted octanol–water partition coefficient (Wildman–Crippen LogP) is 19.9. The number of carbonyl (C=O) groups excluding carboxylic acids is 16. The third-order valence-electron chi connectivity index (χ3n) is 27.2. The number of fused-ring (bicyclic) bond motifs is 4. The van der Waals surface area contributed by atoms with Gasteiger partial charge in [0, 0.05) is 99.6 Å². The lowest BCUT2D eigenvalue weighted by atomic mass is 9.78. The Bertz CT molecular complexity index is 7270. The average molecular weight is 2000 g/mol. The summed E-state index contributed by atoms with van der Waals surface area (Å²) in [6.45, 7) is 9.31. The van der Waals surface area contributed by atoms with E-state index in [4.69, 9.17) is 37.9 Å². The van der Waals surface area contributed by atoms with Gasteiger partial charge in [0.25, 0.3) is 70.9 Å². The van der Waals surface area contributed by atoms with E-state index in [9.17, 15) is 76.7 Å². The van der Waals surface area contributed by atoms with Gasteiger partial charge in [0.05, 0.1) is 93.7 Å². The Kier molecular flexibility index (Phi) is 30.1. The lowest BCUT2D eigenvalue weighted by Crippen LogP contribution is -2.30. The van der Waals surface area contributed by atoms with Gasteiger partial charge in [0.1, 0.15) is 46.0 Å². The van der Waals surface area contributed by atoms with Crippen LogP contribution in [0.15, 0.2) is 291 Å². The van der Waals surface area contributed by atoms with Gasteiger partial charge >= 0.3 is 23.9 Å². The highest BCUT2D eigenvalue weighted by Gasteiger charge is 2.43. The fourth-order valence-corrected chi connectivity index (χ4v) is 18.5. The quantitative estimate of drug-likeness (QED) is 0.0148. The van der Waals surface area contributed by atoms with E-state index >= 15 is 0 Å². The van der Waals surface area contributed by atoms with E-state index in [2.05, 4.69) is 27.7 Å². The second kappa shape index (κ2) is 44.3. The zero-order valence-electron chi connectivity index (χ0n) is 82.0. The Morgan fingerprint density at radius 1 is 0.221 bits per heavy atom. The predicted molar refractivity (Wildman–Crippen MR) is 548 cm³/mol. The van der Waals surface area contributed by atoms with Gasteiger partial charge in [-0.2, -0.15) is 0 Å². The molecule has 12 amide bonds. The van der Waals surface area contributed by atoms with Crippen LogP contribution in [0, 0.1) is 0 Å². The molecule has 0 fully saturated rings. The Morgan fingerprint density at radius 2 is 0.416 bits per heavy atom. The van der Waals surface area contributed by atoms with E-state index in [1.807, 2.05) is 97.1 Å². The van der Waals surface area contributed by atoms with E-state index in [0.29, 0.717) is 146 Å². The van der Waals surface area contributed by atoms with Gasteiger partial charge in [0.2, 0.25) is 0 Å². The largest absolute Gasteiger partial charge is 0.465 e. The number of anilines is 4. The highest BCUT2D eigenvalue weighted by molar-refractivity contribution is 6.37. The molecule has 0 N–H and O–H groups in total. The molecular weight excluding hydrogens is 1900 g/mol. The van der Waals surface area contributed by atoms with Gasteiger partial charge in [-0.3, -0.25) is 86.5 Å². The minimum atomic E-state index is -0.512. The smallest absolute Gasteiger partial charge is 0.305 e. The molecule has 0 radical (unpaired) electrons. The molecular formula is C119H102N6O24. The van der Waals surface area contributed by atoms with E-state index in [1.165, 1.54) is 29.2 Å². The minimum Gasteiger partial charge on any atom is -0.465 e. The van der Waals surface area contributed by atoms with Crippen molar-refractivity contribution in [2.24, 2.45) is 0 Å². The molecule has 0 bridgehead atoms. The second-order valence-electron chi connectivity index (χ2n) is 37.7. The number of hydrogen-bond acceptors (Lipinski definition) is 24. The van der Waals surface area contributed by atoms with Gasteiger partial charge in [-0.25, -0.2) is 19.6 Å². The third kappa shape index (κ3) is 22.8. The zero-order valence-corrected chi connectivity index (χ0v) is 82.0. The summed E-state index contributed by atoms with van der Waals surface area (Å²) in [5.74, 6) is -3.42. The van der Waals surface area contributed by atoms with Crippen molar-refractivity contribution >= 4 is 118 Å². The number of hydrogen-bond donors (Lipinski definition) is 0. The van der Waals surface area contributed by atoms with Crippen molar-refractivity contribution in [3.05, 3.63) is 380 Å². The first-order valence-electron chi connectivity index (χ1n) is 49.3. The maximum Gasteiger partial charge on any atom is 0.305 e. The SMILES string of the molecule is CC(C)(c1ccc(Oc2ccc3c(c2)C(=O)N(c2ccc(CCOC(=O)CCCCCN4C(=O)C=CC4=O)cc2)C3=O)cc1)c1ccc(Oc2ccc3c(c2)C(=O)N(c2ccc(CCOC(=O)CCCCC(=O)OCCc4ccc(N5C(=O)c6ccc(Oc7ccc(C(C)(C)c8ccc(Oc9ccc%10c(c9)C(=O)N(c9ccc(CCOC(=O)CCCCN%11C(=O)C=CC%11=O)cc9)C%10=O)cc8)cc7)cc6C5=O)cc4)cc2)C3=O)cc1. The molecule has 12 aromatic carbocycles. The number of rotatable bonds is 44. The molecule has 0 spiro atoms. The Morgan fingerprint density at radius 3 is 0.644 bits per heavy atom. The summed E-state index contributed by atoms with van der Waals surface area (Å²) >= 11 is 0. The normalized spacial score (nSPS) is 14.1. The lowest BCUT2D eigenvalue weighted by Gasteiger charge is -2.26. The van der Waals surface area contributed by atoms with Gasteiger partial charge in [-0.05, 0) is 253 Å². The van der Waals surface area contributed by atoms with Crippen LogP contribution in [0.1, 0.15) is 226 Å². The molecule has 149 heavy (non-hydrogen) atoms. The van der Waals surface area contributed by atoms with E-state index in [-0.39, 0.29) is 133 Å². The van der Waals surface area contributed by atoms with Crippen LogP contribution in [0.5, 0.6) is 46.0 Å². The molecule has 30 heteroatoms. The minimum absolute atomic E-state index is 0.0822. The fourth-order valence-electron chi connectivity index (χ4n) is 18.5. The van der Waals surface area contributed by atoms with Crippen molar-refractivity contribution < 1.29 is 115 Å². The van der Waals surface area contributed by atoms with Crippen molar-refractivity contribution in [3.8, 4) is 46.0 Å². The number of benzene rings is 12. The molecule has 0 saturated carbocycles. The molecule has 18 rings (SSSR count). The number of amides is 12. The molecule has 0 atom stereocenters. The number of nitrogens with zero attached hydrogens (tertiary/aromatic N) is 6. The van der Waals surface area contributed by atoms with Crippen LogP contribution in [0.4, 0.5) is 22.7 Å². The van der Waals surface area contributed by atoms with Crippen LogP contribution < -0.4 is 38.5 Å². The molecule has 0 aliphatic carbocycles. The monoisotopic (exact) mass is 2000 g/mol. The Hall–Kier alpha value is -18.0. The van der Waals surface area contributed by atoms with Crippen molar-refractivity contribution in [1.82, 2.24) is 9.80 Å². The van der Waals surface area contributed by atoms with Crippen molar-refractivity contribution in [3.63, 3.8) is 0 Å². The van der Waals surface area contributed by atoms with Crippen molar-refractivity contribution in [2.75, 3.05) is 59.1 Å². The van der Waals surface area contributed by atoms with Gasteiger partial charge < -0.3 is 37.9 Å². The summed E-state index contributed by atoms with van der Waals surface area (Å²) in [4.78, 5) is 214. The second-order valence-corrected chi connectivity index (χ2v) is 37.7. The lowest BCUT2D eigenvalue weighted by molar-refractivity contribution is -0.145. The van der Waals surface area contributed by atoms with Gasteiger partial charge in [-0.15, -0.1) is 0 Å². The Labute approximate surface area is 857 Å². The molecule has 752 valence electrons. The number of ether oxygens (including phenoxy) is 8. The summed E-state index contributed by atoms with van der Waals surface area (Å²) in [7, 11) is 0. The van der Waals surface area contributed by atoms with Gasteiger partial charge in [-0.1, -0.05) is 131 Å². The van der Waals surface area contributed by atoms with E-state index < -0.39 is 76.0 Å². The summed E-state index contributed by atoms with van der Waals surface area (Å²) in [6.07, 6.45) is 10.6. The first-order valence-corrected chi connectivity index (χ1v) is 49.3. The molecule has 6 aliphatic rings. The van der Waals surface area contributed by atoms with Crippen LogP contribution in [0.25, 0.3) is 0 Å². The summed E-state index contributed by atoms with van der Waals surface area (Å²) in [5, 5.41) is 0. The van der Waals surface area contributed by atoms with Crippen LogP contribution in [-0.2, 0) is 93.8 Å². The maximum absolute atomic E-state index is 13.9. The summed E-state index contributed by atoms with van der Waals surface area (Å²) < 4.78 is 46.7. The number of unbranched alkanes of at least 4 members (excludes halogenated alkanes) is 4. The van der Waals surface area contributed by atoms with Crippen molar-refractivity contribution in [1.29, 1.82) is 0 Å². The number of esters is 4. The standard InChI is InChI=1S/C119H102N6O24/c1-118(2,78-24-40-86(41-25-78)146-90-48-52-94-98(70-90)114(138)122(110(94)134)82-32-16-74(17-33-82)60-66-142-106(130)12-6-5-10-64-120-102(126)56-57-103(120)127)79-26-42-87(43-27-79)147-91-49-53-95-99(71-91)115(139)123(111(95)135)83-34-18-75(19-35-83)61-67-143-107(131)13-7-8-14-108(132)144-68-62-76-20-36-84(37-21-76)124-112(136)96-54-50-92(72-100(96)116(124)140)148-88-44-28-80(29-45-88)119(3,4)81-30-46-89(47-31-81)149-93-51-55-97-101(73-93)117(141)125(113(97)137)85-38-22-77(23-39-85)63-69-145-109(133)15-9-11-65-121-104(128)58-59-105(121)129/h16-59,70-73H,5-15,60-69H2,1-4H3. The van der Waals surface area contributed by atoms with Crippen LogP contribution >= 0.6 is 0 Å². The molecule has 0 unspecified atom stereocenters. The van der Waals surface area contributed by atoms with Crippen LogP contribution in [0.3, 0.4) is 0 Å². The third-order valence-corrected chi connectivity index (χ3v) is 27.2. The molecule has 0 saturated heterocycles. The van der Waals surface area contributed by atoms with E-state index in [0.717, 1.165) is 69.0 Å². The molecule has 0 aromatic heterocycles. The van der Waals surface area contributed by atoms with Crippen molar-refractivity contribution in [2.45, 2.75) is 135 Å². The summed E-state index contributed by atoms with van der Waals surface area (Å²) in [6, 6.07) is 76.8. The number of imide groups is 6. The first kappa shape index (κ1) is 101. The Balaban J connectivity index is 0.376. The maximum atomic E-state index is 13.9. The number of carbonyl (C=O) groups is 16. The molecule has 30 nitrogen and oxygen atoms in total. The topological polar surface area (TPSA) is 366 Å². The fraction of sp³-hybridized carbons (Fsp3) is 0.227. The first-order chi connectivity index (χ1) is 71.9. The van der Waals surface area contributed by atoms with Crippen LogP contribution in [-0.4, -0.2) is 144 Å². The summed E-state index contributed by atoms with van der Waals surface area (Å²) in [5.41, 5.74) is 9.41. The molecule has 6 aliphatic heterocycles. The van der Waals surface area contributed by atoms with Gasteiger partial charge in [0.15, 0.2) is 0 Å². The highest BCUT2D eigenvalue weighted by atomic mass is 16.5. The average Bonchev–Trinajstić information content (AvgIpc) is 1.62. The van der Waals surface area contributed by atoms with E-state index in [1.54, 1.807) is 170 Å².